The van der Waals surface area contributed by atoms with Crippen LogP contribution in [0.3, 0.4) is 0 Å². The lowest BCUT2D eigenvalue weighted by Crippen LogP contribution is -2.29. The van der Waals surface area contributed by atoms with Crippen LogP contribution in [0, 0.1) is 0 Å². The van der Waals surface area contributed by atoms with Gasteiger partial charge in [0.1, 0.15) is 0 Å². The van der Waals surface area contributed by atoms with Gasteiger partial charge in [0.05, 0.1) is 35.8 Å². The van der Waals surface area contributed by atoms with Crippen molar-refractivity contribution in [2.24, 2.45) is 0 Å². The average molecular weight is 377 g/mol. The second-order valence-electron chi connectivity index (χ2n) is 5.29. The van der Waals surface area contributed by atoms with Crippen LogP contribution in [0.15, 0.2) is 50.9 Å². The highest BCUT2D eigenvalue weighted by atomic mass is 32.2. The predicted molar refractivity (Wildman–Crippen MR) is 95.5 cm³/mol. The molecule has 0 aliphatic heterocycles. The molecule has 0 amide bonds. The number of fused-ring (bicyclic) bond motifs is 1. The van der Waals surface area contributed by atoms with Gasteiger partial charge in [0.15, 0.2) is 11.5 Å². The maximum Gasteiger partial charge on any atom is 0.314 e. The first-order valence-electron chi connectivity index (χ1n) is 7.35. The molecule has 0 radical (unpaired) electrons. The number of anilines is 1. The normalized spacial score (nSPS) is 11.3. The number of rotatable bonds is 5. The molecule has 0 atom stereocenters. The number of nitrogens with one attached hydrogen (secondary N) is 3. The van der Waals surface area contributed by atoms with Crippen molar-refractivity contribution in [3.63, 3.8) is 0 Å². The molecule has 26 heavy (non-hydrogen) atoms. The first-order chi connectivity index (χ1) is 12.3. The second-order valence-corrected chi connectivity index (χ2v) is 6.97. The van der Waals surface area contributed by atoms with Gasteiger partial charge in [-0.3, -0.25) is 14.3 Å². The summed E-state index contributed by atoms with van der Waals surface area (Å²) in [5.74, 6) is 0.829. The van der Waals surface area contributed by atoms with Crippen molar-refractivity contribution in [3.05, 3.63) is 57.1 Å². The molecule has 9 nitrogen and oxygen atoms in total. The minimum Gasteiger partial charge on any atom is -0.493 e. The molecule has 0 saturated carbocycles. The molecular weight excluding hydrogens is 362 g/mol. The largest absolute Gasteiger partial charge is 0.493 e. The van der Waals surface area contributed by atoms with E-state index in [9.17, 15) is 18.0 Å². The molecule has 3 N–H and O–H groups in total. The third kappa shape index (κ3) is 3.26. The van der Waals surface area contributed by atoms with Crippen LogP contribution in [-0.2, 0) is 10.0 Å². The number of sulfonamides is 1. The van der Waals surface area contributed by atoms with Gasteiger partial charge in [-0.05, 0) is 30.3 Å². The van der Waals surface area contributed by atoms with Crippen molar-refractivity contribution in [1.82, 2.24) is 9.97 Å². The van der Waals surface area contributed by atoms with E-state index >= 15 is 0 Å². The quantitative estimate of drug-likeness (QED) is 0.570. The van der Waals surface area contributed by atoms with Gasteiger partial charge >= 0.3 is 11.1 Å². The zero-order chi connectivity index (χ0) is 18.9. The van der Waals surface area contributed by atoms with E-state index in [0.717, 1.165) is 0 Å². The van der Waals surface area contributed by atoms with Gasteiger partial charge in [-0.15, -0.1) is 0 Å². The molecule has 10 heteroatoms. The molecule has 0 bridgehead atoms. The average Bonchev–Trinajstić information content (AvgIpc) is 2.61. The summed E-state index contributed by atoms with van der Waals surface area (Å²) in [6, 6.07) is 8.56. The SMILES string of the molecule is COc1ccc(NS(=O)(=O)c2ccc3[nH]c(=O)c(=O)[nH]c3c2)cc1OC. The molecule has 0 fully saturated rings. The molecule has 3 aromatic rings. The summed E-state index contributed by atoms with van der Waals surface area (Å²) in [6.07, 6.45) is 0. The Bertz CT molecular complexity index is 1200. The van der Waals surface area contributed by atoms with Crippen LogP contribution in [0.2, 0.25) is 0 Å². The molecule has 0 aliphatic carbocycles. The number of hydrogen-bond donors (Lipinski definition) is 3. The van der Waals surface area contributed by atoms with Crippen LogP contribution < -0.4 is 25.3 Å². The minimum atomic E-state index is -3.93. The van der Waals surface area contributed by atoms with Crippen molar-refractivity contribution in [2.75, 3.05) is 18.9 Å². The third-order valence-corrected chi connectivity index (χ3v) is 5.02. The highest BCUT2D eigenvalue weighted by Crippen LogP contribution is 2.30. The molecule has 3 rings (SSSR count). The van der Waals surface area contributed by atoms with Crippen molar-refractivity contribution in [1.29, 1.82) is 0 Å². The Labute approximate surface area is 147 Å². The van der Waals surface area contributed by atoms with E-state index in [2.05, 4.69) is 14.7 Å². The van der Waals surface area contributed by atoms with Gasteiger partial charge in [0, 0.05) is 6.07 Å². The number of aromatic nitrogens is 2. The standard InChI is InChI=1S/C16H15N3O6S/c1-24-13-6-3-9(7-14(13)25-2)19-26(22,23)10-4-5-11-12(8-10)18-16(21)15(20)17-11/h3-8,19H,1-2H3,(H,17,20)(H,18,21). The second kappa shape index (κ2) is 6.56. The van der Waals surface area contributed by atoms with E-state index in [1.165, 1.54) is 44.6 Å². The Morgan fingerprint density at radius 3 is 2.15 bits per heavy atom. The van der Waals surface area contributed by atoms with E-state index in [-0.39, 0.29) is 16.1 Å². The number of benzene rings is 2. The van der Waals surface area contributed by atoms with Crippen LogP contribution in [0.5, 0.6) is 11.5 Å². The minimum absolute atomic E-state index is 0.0810. The molecule has 136 valence electrons. The summed E-state index contributed by atoms with van der Waals surface area (Å²) in [5.41, 5.74) is -0.876. The lowest BCUT2D eigenvalue weighted by molar-refractivity contribution is 0.355. The lowest BCUT2D eigenvalue weighted by Gasteiger charge is -2.12. The zero-order valence-corrected chi connectivity index (χ0v) is 14.6. The molecule has 0 spiro atoms. The van der Waals surface area contributed by atoms with Crippen molar-refractivity contribution < 1.29 is 17.9 Å². The van der Waals surface area contributed by atoms with Crippen LogP contribution in [-0.4, -0.2) is 32.6 Å². The monoisotopic (exact) mass is 377 g/mol. The molecule has 1 heterocycles. The Balaban J connectivity index is 2.00. The van der Waals surface area contributed by atoms with E-state index in [1.54, 1.807) is 6.07 Å². The van der Waals surface area contributed by atoms with Gasteiger partial charge in [-0.1, -0.05) is 0 Å². The Morgan fingerprint density at radius 2 is 1.50 bits per heavy atom. The van der Waals surface area contributed by atoms with E-state index in [4.69, 9.17) is 9.47 Å². The highest BCUT2D eigenvalue weighted by Gasteiger charge is 2.16. The van der Waals surface area contributed by atoms with Crippen LogP contribution in [0.1, 0.15) is 0 Å². The van der Waals surface area contributed by atoms with E-state index < -0.39 is 21.1 Å². The van der Waals surface area contributed by atoms with Gasteiger partial charge in [-0.25, -0.2) is 8.42 Å². The molecular formula is C16H15N3O6S. The topological polar surface area (TPSA) is 130 Å². The summed E-state index contributed by atoms with van der Waals surface area (Å²) in [5, 5.41) is 0. The number of aromatic amines is 2. The Morgan fingerprint density at radius 1 is 0.846 bits per heavy atom. The third-order valence-electron chi connectivity index (χ3n) is 3.64. The van der Waals surface area contributed by atoms with Gasteiger partial charge < -0.3 is 19.4 Å². The molecule has 0 aliphatic rings. The first-order valence-corrected chi connectivity index (χ1v) is 8.83. The summed E-state index contributed by atoms with van der Waals surface area (Å²) in [4.78, 5) is 27.4. The molecule has 0 saturated heterocycles. The smallest absolute Gasteiger partial charge is 0.314 e. The number of H-pyrrole nitrogens is 2. The van der Waals surface area contributed by atoms with Gasteiger partial charge in [0.25, 0.3) is 10.0 Å². The summed E-state index contributed by atoms with van der Waals surface area (Å²) >= 11 is 0. The van der Waals surface area contributed by atoms with Gasteiger partial charge in [0.2, 0.25) is 0 Å². The maximum absolute atomic E-state index is 12.6. The van der Waals surface area contributed by atoms with Crippen molar-refractivity contribution >= 4 is 26.7 Å². The fourth-order valence-electron chi connectivity index (χ4n) is 2.37. The molecule has 2 aromatic carbocycles. The fraction of sp³-hybridized carbons (Fsp3) is 0.125. The zero-order valence-electron chi connectivity index (χ0n) is 13.8. The number of hydrogen-bond acceptors (Lipinski definition) is 6. The van der Waals surface area contributed by atoms with E-state index in [1.807, 2.05) is 0 Å². The Hall–Kier alpha value is -3.27. The van der Waals surface area contributed by atoms with Crippen molar-refractivity contribution in [3.8, 4) is 11.5 Å². The number of methoxy groups -OCH3 is 2. The van der Waals surface area contributed by atoms with Gasteiger partial charge in [-0.2, -0.15) is 0 Å². The summed E-state index contributed by atoms with van der Waals surface area (Å²) in [7, 11) is -1.02. The van der Waals surface area contributed by atoms with Crippen molar-refractivity contribution in [2.45, 2.75) is 4.90 Å². The first kappa shape index (κ1) is 17.5. The van der Waals surface area contributed by atoms with E-state index in [0.29, 0.717) is 17.0 Å². The number of ether oxygens (including phenoxy) is 2. The maximum atomic E-state index is 12.6. The lowest BCUT2D eigenvalue weighted by atomic mass is 10.3. The van der Waals surface area contributed by atoms with Crippen LogP contribution in [0.25, 0.3) is 11.0 Å². The van der Waals surface area contributed by atoms with Crippen LogP contribution in [0.4, 0.5) is 5.69 Å². The molecule has 1 aromatic heterocycles. The summed E-state index contributed by atoms with van der Waals surface area (Å²) in [6.45, 7) is 0. The highest BCUT2D eigenvalue weighted by molar-refractivity contribution is 7.92. The Kier molecular flexibility index (Phi) is 4.43. The van der Waals surface area contributed by atoms with Crippen LogP contribution >= 0.6 is 0 Å². The fourth-order valence-corrected chi connectivity index (χ4v) is 3.45. The summed E-state index contributed by atoms with van der Waals surface area (Å²) < 4.78 is 37.9. The predicted octanol–water partition coefficient (Wildman–Crippen LogP) is 1.03. The molecule has 0 unspecified atom stereocenters.